The van der Waals surface area contributed by atoms with Crippen molar-refractivity contribution in [2.75, 3.05) is 5.84 Å². The van der Waals surface area contributed by atoms with Crippen LogP contribution in [0.3, 0.4) is 0 Å². The molecule has 0 saturated heterocycles. The van der Waals surface area contributed by atoms with Crippen molar-refractivity contribution in [3.8, 4) is 0 Å². The van der Waals surface area contributed by atoms with Crippen LogP contribution in [0.25, 0.3) is 10.9 Å². The Morgan fingerprint density at radius 3 is 2.75 bits per heavy atom. The van der Waals surface area contributed by atoms with Gasteiger partial charge in [-0.25, -0.2) is 4.79 Å². The third kappa shape index (κ3) is 2.78. The number of carboxylic acids is 1. The Labute approximate surface area is 167 Å². The molecule has 3 N–H and O–H groups in total. The molecule has 0 spiro atoms. The maximum atomic E-state index is 13.0. The third-order valence-corrected chi connectivity index (χ3v) is 6.05. The number of hydrogen-bond acceptors (Lipinski definition) is 3. The second-order valence-corrected chi connectivity index (χ2v) is 7.62. The van der Waals surface area contributed by atoms with Crippen molar-refractivity contribution in [1.82, 2.24) is 4.68 Å². The van der Waals surface area contributed by atoms with E-state index in [9.17, 15) is 14.7 Å². The molecule has 2 aromatic carbocycles. The second kappa shape index (κ2) is 6.99. The fourth-order valence-corrected chi connectivity index (χ4v) is 4.69. The van der Waals surface area contributed by atoms with Crippen LogP contribution in [0.15, 0.2) is 41.2 Å². The summed E-state index contributed by atoms with van der Waals surface area (Å²) in [6.07, 6.45) is 3.32. The van der Waals surface area contributed by atoms with E-state index < -0.39 is 11.4 Å². The number of hydrogen-bond donors (Lipinski definition) is 2. The molecule has 1 atom stereocenters. The van der Waals surface area contributed by atoms with Gasteiger partial charge >= 0.3 is 5.97 Å². The number of aromatic nitrogens is 1. The molecule has 0 radical (unpaired) electrons. The maximum absolute atomic E-state index is 13.0. The second-order valence-electron chi connectivity index (χ2n) is 7.21. The van der Waals surface area contributed by atoms with Crippen LogP contribution in [0.5, 0.6) is 0 Å². The molecule has 0 fully saturated rings. The lowest BCUT2D eigenvalue weighted by Gasteiger charge is -2.27. The van der Waals surface area contributed by atoms with Crippen LogP contribution in [-0.4, -0.2) is 15.8 Å². The van der Waals surface area contributed by atoms with Gasteiger partial charge in [-0.05, 0) is 54.5 Å². The standard InChI is InChI=1S/C22H21ClN2O3/c1-2-18-20(22(27)28)21(26)16-10-15(17(23)11-19(16)25(18)24)14-9-5-7-12-6-3-4-8-13(12)14/h3-4,6,8,10-11,14H,2,5,7,9,24H2,1H3,(H,27,28). The zero-order valence-electron chi connectivity index (χ0n) is 15.5. The van der Waals surface area contributed by atoms with Crippen LogP contribution in [0.1, 0.15) is 58.4 Å². The van der Waals surface area contributed by atoms with Gasteiger partial charge in [0.25, 0.3) is 0 Å². The highest BCUT2D eigenvalue weighted by atomic mass is 35.5. The number of carbonyl (C=O) groups is 1. The van der Waals surface area contributed by atoms with Gasteiger partial charge in [-0.1, -0.05) is 42.8 Å². The number of aromatic carboxylic acids is 1. The molecule has 0 amide bonds. The number of halogens is 1. The van der Waals surface area contributed by atoms with Crippen molar-refractivity contribution in [2.24, 2.45) is 0 Å². The van der Waals surface area contributed by atoms with E-state index in [1.807, 2.05) is 12.1 Å². The summed E-state index contributed by atoms with van der Waals surface area (Å²) in [5.74, 6) is 4.98. The van der Waals surface area contributed by atoms with Crippen molar-refractivity contribution in [3.05, 3.63) is 79.6 Å². The summed E-state index contributed by atoms with van der Waals surface area (Å²) in [7, 11) is 0. The van der Waals surface area contributed by atoms with Crippen molar-refractivity contribution >= 4 is 28.5 Å². The number of benzene rings is 2. The third-order valence-electron chi connectivity index (χ3n) is 5.72. The Morgan fingerprint density at radius 1 is 1.29 bits per heavy atom. The molecular weight excluding hydrogens is 376 g/mol. The van der Waals surface area contributed by atoms with Crippen LogP contribution in [0.4, 0.5) is 0 Å². The van der Waals surface area contributed by atoms with Gasteiger partial charge in [0.2, 0.25) is 5.43 Å². The van der Waals surface area contributed by atoms with Gasteiger partial charge in [0.05, 0.1) is 11.2 Å². The summed E-state index contributed by atoms with van der Waals surface area (Å²) >= 11 is 6.64. The minimum atomic E-state index is -1.26. The highest BCUT2D eigenvalue weighted by Gasteiger charge is 2.26. The monoisotopic (exact) mass is 396 g/mol. The summed E-state index contributed by atoms with van der Waals surface area (Å²) in [4.78, 5) is 24.7. The van der Waals surface area contributed by atoms with Crippen LogP contribution in [-0.2, 0) is 12.8 Å². The van der Waals surface area contributed by atoms with E-state index in [1.165, 1.54) is 15.8 Å². The van der Waals surface area contributed by atoms with E-state index >= 15 is 0 Å². The smallest absolute Gasteiger partial charge is 0.341 e. The molecule has 1 heterocycles. The largest absolute Gasteiger partial charge is 0.477 e. The Hall–Kier alpha value is -2.79. The fourth-order valence-electron chi connectivity index (χ4n) is 4.40. The molecule has 1 aliphatic rings. The molecule has 0 aliphatic heterocycles. The highest BCUT2D eigenvalue weighted by Crippen LogP contribution is 2.40. The zero-order chi connectivity index (χ0) is 20.0. The van der Waals surface area contributed by atoms with Gasteiger partial charge in [-0.15, -0.1) is 0 Å². The summed E-state index contributed by atoms with van der Waals surface area (Å²) in [5, 5.41) is 10.4. The molecule has 0 bridgehead atoms. The SMILES string of the molecule is CCc1c(C(=O)O)c(=O)c2cc(C3CCCc4ccccc43)c(Cl)cc2n1N. The summed E-state index contributed by atoms with van der Waals surface area (Å²) in [5.41, 5.74) is 3.31. The number of fused-ring (bicyclic) bond motifs is 2. The van der Waals surface area contributed by atoms with Gasteiger partial charge in [0.15, 0.2) is 0 Å². The number of nitrogens with two attached hydrogens (primary N) is 1. The molecule has 1 unspecified atom stereocenters. The van der Waals surface area contributed by atoms with Crippen LogP contribution >= 0.6 is 11.6 Å². The van der Waals surface area contributed by atoms with Gasteiger partial charge < -0.3 is 10.9 Å². The normalized spacial score (nSPS) is 16.1. The first-order chi connectivity index (χ1) is 13.4. The molecule has 0 saturated carbocycles. The first-order valence-corrected chi connectivity index (χ1v) is 9.79. The Bertz CT molecular complexity index is 1170. The minimum Gasteiger partial charge on any atom is -0.477 e. The number of rotatable bonds is 3. The molecule has 3 aromatic rings. The highest BCUT2D eigenvalue weighted by molar-refractivity contribution is 6.32. The lowest BCUT2D eigenvalue weighted by molar-refractivity contribution is 0.0693. The Kier molecular flexibility index (Phi) is 4.63. The van der Waals surface area contributed by atoms with Crippen molar-refractivity contribution < 1.29 is 9.90 Å². The minimum absolute atomic E-state index is 0.0756. The van der Waals surface area contributed by atoms with Gasteiger partial charge in [-0.2, -0.15) is 0 Å². The number of nitrogens with zero attached hydrogens (tertiary/aromatic N) is 1. The first kappa shape index (κ1) is 18.6. The van der Waals surface area contributed by atoms with E-state index in [1.54, 1.807) is 19.1 Å². The maximum Gasteiger partial charge on any atom is 0.341 e. The lowest BCUT2D eigenvalue weighted by Crippen LogP contribution is -2.28. The average Bonchev–Trinajstić information content (AvgIpc) is 2.69. The summed E-state index contributed by atoms with van der Waals surface area (Å²) in [6.45, 7) is 1.77. The van der Waals surface area contributed by atoms with Gasteiger partial charge in [-0.3, -0.25) is 9.47 Å². The van der Waals surface area contributed by atoms with Gasteiger partial charge in [0.1, 0.15) is 5.56 Å². The number of pyridine rings is 1. The molecule has 144 valence electrons. The van der Waals surface area contributed by atoms with E-state index in [-0.39, 0.29) is 17.2 Å². The van der Waals surface area contributed by atoms with E-state index in [0.717, 1.165) is 24.8 Å². The number of aryl methyl sites for hydroxylation is 1. The molecule has 1 aromatic heterocycles. The number of carboxylic acid groups (broad SMARTS) is 1. The van der Waals surface area contributed by atoms with Crippen LogP contribution < -0.4 is 11.3 Å². The summed E-state index contributed by atoms with van der Waals surface area (Å²) in [6, 6.07) is 11.7. The van der Waals surface area contributed by atoms with E-state index in [4.69, 9.17) is 17.4 Å². The molecule has 28 heavy (non-hydrogen) atoms. The lowest BCUT2D eigenvalue weighted by atomic mass is 9.78. The van der Waals surface area contributed by atoms with Crippen LogP contribution in [0.2, 0.25) is 5.02 Å². The molecule has 5 nitrogen and oxygen atoms in total. The van der Waals surface area contributed by atoms with Crippen molar-refractivity contribution in [1.29, 1.82) is 0 Å². The zero-order valence-corrected chi connectivity index (χ0v) is 16.3. The average molecular weight is 397 g/mol. The van der Waals surface area contributed by atoms with Crippen LogP contribution in [0, 0.1) is 0 Å². The molecular formula is C22H21ClN2O3. The fraction of sp³-hybridized carbons (Fsp3) is 0.273. The molecule has 6 heteroatoms. The van der Waals surface area contributed by atoms with Gasteiger partial charge in [0, 0.05) is 16.3 Å². The van der Waals surface area contributed by atoms with E-state index in [0.29, 0.717) is 22.3 Å². The van der Waals surface area contributed by atoms with Crippen molar-refractivity contribution in [3.63, 3.8) is 0 Å². The Balaban J connectivity index is 2.01. The molecule has 4 rings (SSSR count). The number of nitrogen functional groups attached to an aromatic ring is 1. The topological polar surface area (TPSA) is 85.3 Å². The quantitative estimate of drug-likeness (QED) is 0.653. The Morgan fingerprint density at radius 2 is 2.04 bits per heavy atom. The summed E-state index contributed by atoms with van der Waals surface area (Å²) < 4.78 is 1.28. The van der Waals surface area contributed by atoms with E-state index in [2.05, 4.69) is 12.1 Å². The first-order valence-electron chi connectivity index (χ1n) is 9.41. The predicted octanol–water partition coefficient (Wildman–Crippen LogP) is 4.10. The van der Waals surface area contributed by atoms with Crippen molar-refractivity contribution in [2.45, 2.75) is 38.5 Å². The molecule has 1 aliphatic carbocycles. The predicted molar refractivity (Wildman–Crippen MR) is 111 cm³/mol.